The van der Waals surface area contributed by atoms with Gasteiger partial charge in [-0.15, -0.1) is 0 Å². The number of hydrogen-bond acceptors (Lipinski definition) is 0. The normalized spacial score (nSPS) is 10.8. The van der Waals surface area contributed by atoms with Crippen LogP contribution >= 0.6 is 27.5 Å². The van der Waals surface area contributed by atoms with Gasteiger partial charge in [-0.2, -0.15) is 0 Å². The molecule has 2 rings (SSSR count). The molecule has 0 N–H and O–H groups in total. The van der Waals surface area contributed by atoms with Gasteiger partial charge in [-0.3, -0.25) is 0 Å². The lowest BCUT2D eigenvalue weighted by Gasteiger charge is -2.08. The maximum Gasteiger partial charge on any atom is 0.0521 e. The van der Waals surface area contributed by atoms with Crippen molar-refractivity contribution in [1.82, 2.24) is 4.57 Å². The predicted octanol–water partition coefficient (Wildman–Crippen LogP) is 4.90. The Bertz CT molecular complexity index is 499. The fourth-order valence-corrected chi connectivity index (χ4v) is 2.43. The third-order valence-electron chi connectivity index (χ3n) is 2.73. The van der Waals surface area contributed by atoms with E-state index in [0.29, 0.717) is 0 Å². The number of hydrogen-bond donors (Lipinski definition) is 0. The first-order valence-electron chi connectivity index (χ1n) is 5.24. The lowest BCUT2D eigenvalue weighted by Crippen LogP contribution is -1.95. The third kappa shape index (κ3) is 2.04. The van der Waals surface area contributed by atoms with Gasteiger partial charge in [-0.25, -0.2) is 0 Å². The van der Waals surface area contributed by atoms with Crippen molar-refractivity contribution in [2.75, 3.05) is 0 Å². The molecule has 0 spiro atoms. The van der Waals surface area contributed by atoms with E-state index >= 15 is 0 Å². The fraction of sp³-hybridized carbons (Fsp3) is 0.231. The molecular weight excluding hydrogens is 286 g/mol. The summed E-state index contributed by atoms with van der Waals surface area (Å²) >= 11 is 9.47. The topological polar surface area (TPSA) is 4.93 Å². The zero-order valence-electron chi connectivity index (χ0n) is 9.30. The van der Waals surface area contributed by atoms with E-state index in [0.717, 1.165) is 16.0 Å². The average molecular weight is 299 g/mol. The summed E-state index contributed by atoms with van der Waals surface area (Å²) in [7, 11) is 0. The van der Waals surface area contributed by atoms with E-state index in [1.807, 2.05) is 12.1 Å². The lowest BCUT2D eigenvalue weighted by atomic mass is 10.1. The van der Waals surface area contributed by atoms with Crippen LogP contribution in [0.3, 0.4) is 0 Å². The van der Waals surface area contributed by atoms with Gasteiger partial charge in [0.1, 0.15) is 0 Å². The number of rotatable bonds is 2. The molecule has 0 aliphatic heterocycles. The second-order valence-corrected chi connectivity index (χ2v) is 5.03. The SMILES string of the molecule is CCn1cc(Br)c(C)c1-c1ccc(Cl)cc1. The first-order chi connectivity index (χ1) is 7.63. The molecule has 0 fully saturated rings. The Morgan fingerprint density at radius 1 is 1.25 bits per heavy atom. The molecule has 3 heteroatoms. The molecule has 1 nitrogen and oxygen atoms in total. The number of nitrogens with zero attached hydrogens (tertiary/aromatic N) is 1. The Morgan fingerprint density at radius 2 is 1.88 bits per heavy atom. The Balaban J connectivity index is 2.58. The van der Waals surface area contributed by atoms with E-state index in [2.05, 4.69) is 52.7 Å². The first kappa shape index (κ1) is 11.7. The molecule has 84 valence electrons. The molecule has 0 amide bonds. The highest BCUT2D eigenvalue weighted by Gasteiger charge is 2.11. The molecular formula is C13H13BrClN. The van der Waals surface area contributed by atoms with Crippen LogP contribution in [-0.2, 0) is 6.54 Å². The summed E-state index contributed by atoms with van der Waals surface area (Å²) < 4.78 is 3.39. The monoisotopic (exact) mass is 297 g/mol. The van der Waals surface area contributed by atoms with Crippen LogP contribution in [0, 0.1) is 6.92 Å². The average Bonchev–Trinajstić information content (AvgIpc) is 2.57. The van der Waals surface area contributed by atoms with E-state index in [-0.39, 0.29) is 0 Å². The number of benzene rings is 1. The maximum atomic E-state index is 5.90. The van der Waals surface area contributed by atoms with E-state index in [9.17, 15) is 0 Å². The smallest absolute Gasteiger partial charge is 0.0521 e. The fourth-order valence-electron chi connectivity index (χ4n) is 1.87. The Hall–Kier alpha value is -0.730. The number of aryl methyl sites for hydroxylation is 1. The van der Waals surface area contributed by atoms with Crippen molar-refractivity contribution in [3.63, 3.8) is 0 Å². The molecule has 0 aliphatic rings. The predicted molar refractivity (Wildman–Crippen MR) is 73.0 cm³/mol. The second kappa shape index (κ2) is 4.64. The molecule has 2 aromatic rings. The van der Waals surface area contributed by atoms with Crippen molar-refractivity contribution >= 4 is 27.5 Å². The van der Waals surface area contributed by atoms with E-state index in [1.165, 1.54) is 16.8 Å². The summed E-state index contributed by atoms with van der Waals surface area (Å²) in [6.45, 7) is 5.23. The van der Waals surface area contributed by atoms with Crippen LogP contribution in [0.4, 0.5) is 0 Å². The summed E-state index contributed by atoms with van der Waals surface area (Å²) in [5.41, 5.74) is 3.73. The molecule has 16 heavy (non-hydrogen) atoms. The summed E-state index contributed by atoms with van der Waals surface area (Å²) in [6.07, 6.45) is 2.12. The van der Waals surface area contributed by atoms with Gasteiger partial charge >= 0.3 is 0 Å². The number of halogens is 2. The molecule has 0 atom stereocenters. The summed E-state index contributed by atoms with van der Waals surface area (Å²) in [4.78, 5) is 0. The van der Waals surface area contributed by atoms with Gasteiger partial charge in [0.25, 0.3) is 0 Å². The second-order valence-electron chi connectivity index (χ2n) is 3.74. The van der Waals surface area contributed by atoms with Gasteiger partial charge in [0, 0.05) is 22.2 Å². The molecule has 0 radical (unpaired) electrons. The van der Waals surface area contributed by atoms with Crippen LogP contribution in [0.15, 0.2) is 34.9 Å². The van der Waals surface area contributed by atoms with Crippen molar-refractivity contribution in [3.8, 4) is 11.3 Å². The quantitative estimate of drug-likeness (QED) is 0.743. The molecule has 0 unspecified atom stereocenters. The maximum absolute atomic E-state index is 5.90. The minimum Gasteiger partial charge on any atom is -0.346 e. The zero-order valence-corrected chi connectivity index (χ0v) is 11.6. The zero-order chi connectivity index (χ0) is 11.7. The minimum atomic E-state index is 0.773. The molecule has 1 aromatic carbocycles. The van der Waals surface area contributed by atoms with Crippen LogP contribution in [0.1, 0.15) is 12.5 Å². The molecule has 0 saturated carbocycles. The standard InChI is InChI=1S/C13H13BrClN/c1-3-16-8-12(14)9(2)13(16)10-4-6-11(15)7-5-10/h4-8H,3H2,1-2H3. The Labute approximate surface area is 109 Å². The van der Waals surface area contributed by atoms with Gasteiger partial charge < -0.3 is 4.57 Å². The van der Waals surface area contributed by atoms with E-state index in [4.69, 9.17) is 11.6 Å². The van der Waals surface area contributed by atoms with Crippen LogP contribution in [0.5, 0.6) is 0 Å². The number of aromatic nitrogens is 1. The molecule has 1 aromatic heterocycles. The highest BCUT2D eigenvalue weighted by atomic mass is 79.9. The molecule has 0 saturated heterocycles. The summed E-state index contributed by atoms with van der Waals surface area (Å²) in [5, 5.41) is 0.773. The summed E-state index contributed by atoms with van der Waals surface area (Å²) in [5.74, 6) is 0. The minimum absolute atomic E-state index is 0.773. The molecule has 0 aliphatic carbocycles. The Kier molecular flexibility index (Phi) is 3.41. The van der Waals surface area contributed by atoms with Gasteiger partial charge in [0.05, 0.1) is 5.69 Å². The van der Waals surface area contributed by atoms with Crippen LogP contribution in [-0.4, -0.2) is 4.57 Å². The highest BCUT2D eigenvalue weighted by molar-refractivity contribution is 9.10. The van der Waals surface area contributed by atoms with Gasteiger partial charge in [-0.1, -0.05) is 23.7 Å². The summed E-state index contributed by atoms with van der Waals surface area (Å²) in [6, 6.07) is 7.97. The van der Waals surface area contributed by atoms with Crippen molar-refractivity contribution in [3.05, 3.63) is 45.5 Å². The van der Waals surface area contributed by atoms with Crippen LogP contribution in [0.25, 0.3) is 11.3 Å². The van der Waals surface area contributed by atoms with E-state index < -0.39 is 0 Å². The van der Waals surface area contributed by atoms with Crippen LogP contribution in [0.2, 0.25) is 5.02 Å². The highest BCUT2D eigenvalue weighted by Crippen LogP contribution is 2.31. The van der Waals surface area contributed by atoms with Crippen molar-refractivity contribution in [2.24, 2.45) is 0 Å². The molecule has 0 bridgehead atoms. The lowest BCUT2D eigenvalue weighted by molar-refractivity contribution is 0.775. The van der Waals surface area contributed by atoms with Crippen molar-refractivity contribution in [2.45, 2.75) is 20.4 Å². The van der Waals surface area contributed by atoms with Crippen molar-refractivity contribution in [1.29, 1.82) is 0 Å². The first-order valence-corrected chi connectivity index (χ1v) is 6.41. The largest absolute Gasteiger partial charge is 0.346 e. The van der Waals surface area contributed by atoms with Crippen molar-refractivity contribution < 1.29 is 0 Å². The third-order valence-corrected chi connectivity index (χ3v) is 3.78. The van der Waals surface area contributed by atoms with Gasteiger partial charge in [0.2, 0.25) is 0 Å². The van der Waals surface area contributed by atoms with Crippen LogP contribution < -0.4 is 0 Å². The van der Waals surface area contributed by atoms with Gasteiger partial charge in [-0.05, 0) is 53.0 Å². The van der Waals surface area contributed by atoms with E-state index in [1.54, 1.807) is 0 Å². The molecule has 1 heterocycles. The van der Waals surface area contributed by atoms with Gasteiger partial charge in [0.15, 0.2) is 0 Å². The Morgan fingerprint density at radius 3 is 2.44 bits per heavy atom.